The molecule has 60 valence electrons. The first-order chi connectivity index (χ1) is 4.84. The van der Waals surface area contributed by atoms with Crippen molar-refractivity contribution in [2.24, 2.45) is 5.73 Å². The largest absolute Gasteiger partial charge is 0.321 e. The van der Waals surface area contributed by atoms with Crippen molar-refractivity contribution in [2.45, 2.75) is 6.04 Å². The topological polar surface area (TPSA) is 38.9 Å². The molecule has 1 heterocycles. The summed E-state index contributed by atoms with van der Waals surface area (Å²) in [6, 6.07) is 3.70. The van der Waals surface area contributed by atoms with Crippen LogP contribution in [-0.4, -0.2) is 4.98 Å². The molecule has 0 fully saturated rings. The van der Waals surface area contributed by atoms with Gasteiger partial charge in [0.2, 0.25) is 0 Å². The van der Waals surface area contributed by atoms with E-state index in [1.807, 2.05) is 12.1 Å². The van der Waals surface area contributed by atoms with Crippen LogP contribution in [0.15, 0.2) is 37.2 Å². The Kier molecular flexibility index (Phi) is 4.50. The number of rotatable bonds is 2. The summed E-state index contributed by atoms with van der Waals surface area (Å²) in [7, 11) is 0. The Hall–Kier alpha value is -0.860. The van der Waals surface area contributed by atoms with Gasteiger partial charge in [-0.25, -0.2) is 0 Å². The summed E-state index contributed by atoms with van der Waals surface area (Å²) in [6.45, 7) is 3.58. The highest BCUT2D eigenvalue weighted by atomic mass is 35.5. The minimum Gasteiger partial charge on any atom is -0.321 e. The predicted octanol–water partition coefficient (Wildman–Crippen LogP) is 1.69. The van der Waals surface area contributed by atoms with E-state index < -0.39 is 0 Å². The summed E-state index contributed by atoms with van der Waals surface area (Å²) in [4.78, 5) is 3.93. The molecule has 2 N–H and O–H groups in total. The molecule has 1 rings (SSSR count). The van der Waals surface area contributed by atoms with Crippen LogP contribution in [0.4, 0.5) is 0 Å². The molecular weight excluding hydrogens is 160 g/mol. The lowest BCUT2D eigenvalue weighted by Crippen LogP contribution is -2.05. The quantitative estimate of drug-likeness (QED) is 0.687. The normalized spacial score (nSPS) is 11.4. The molecule has 0 aliphatic heterocycles. The zero-order valence-electron chi connectivity index (χ0n) is 6.10. The number of nitrogens with two attached hydrogens (primary N) is 1. The third kappa shape index (κ3) is 2.70. The van der Waals surface area contributed by atoms with Crippen LogP contribution in [0.5, 0.6) is 0 Å². The molecule has 1 atom stereocenters. The fourth-order valence-electron chi connectivity index (χ4n) is 0.709. The molecule has 3 heteroatoms. The van der Waals surface area contributed by atoms with E-state index in [2.05, 4.69) is 11.6 Å². The number of aromatic nitrogens is 1. The Morgan fingerprint density at radius 3 is 2.82 bits per heavy atom. The van der Waals surface area contributed by atoms with Gasteiger partial charge in [-0.05, 0) is 11.6 Å². The summed E-state index contributed by atoms with van der Waals surface area (Å²) in [6.07, 6.45) is 5.16. The van der Waals surface area contributed by atoms with E-state index in [1.165, 1.54) is 0 Å². The van der Waals surface area contributed by atoms with Crippen molar-refractivity contribution in [3.8, 4) is 0 Å². The lowest BCUT2D eigenvalue weighted by molar-refractivity contribution is 0.904. The maximum absolute atomic E-state index is 5.64. The fourth-order valence-corrected chi connectivity index (χ4v) is 0.709. The molecule has 0 aliphatic rings. The maximum atomic E-state index is 5.64. The first-order valence-electron chi connectivity index (χ1n) is 3.12. The van der Waals surface area contributed by atoms with Gasteiger partial charge < -0.3 is 5.73 Å². The lowest BCUT2D eigenvalue weighted by atomic mass is 10.1. The maximum Gasteiger partial charge on any atom is 0.0493 e. The summed E-state index contributed by atoms with van der Waals surface area (Å²) in [5.41, 5.74) is 6.63. The van der Waals surface area contributed by atoms with Crippen molar-refractivity contribution in [3.05, 3.63) is 42.7 Å². The van der Waals surface area contributed by atoms with Crippen LogP contribution in [0.1, 0.15) is 11.6 Å². The van der Waals surface area contributed by atoms with Gasteiger partial charge in [-0.3, -0.25) is 4.98 Å². The minimum atomic E-state index is -0.0892. The first kappa shape index (κ1) is 10.1. The van der Waals surface area contributed by atoms with E-state index in [0.29, 0.717) is 0 Å². The predicted molar refractivity (Wildman–Crippen MR) is 48.6 cm³/mol. The number of halogens is 1. The van der Waals surface area contributed by atoms with Crippen molar-refractivity contribution in [1.82, 2.24) is 4.98 Å². The Morgan fingerprint density at radius 1 is 1.64 bits per heavy atom. The molecule has 2 nitrogen and oxygen atoms in total. The molecule has 11 heavy (non-hydrogen) atoms. The zero-order chi connectivity index (χ0) is 7.40. The molecule has 1 aromatic heterocycles. The summed E-state index contributed by atoms with van der Waals surface area (Å²) in [5, 5.41) is 0. The van der Waals surface area contributed by atoms with Crippen molar-refractivity contribution in [2.75, 3.05) is 0 Å². The van der Waals surface area contributed by atoms with Crippen LogP contribution in [0.3, 0.4) is 0 Å². The second-order valence-electron chi connectivity index (χ2n) is 2.05. The Labute approximate surface area is 72.5 Å². The number of hydrogen-bond donors (Lipinski definition) is 1. The van der Waals surface area contributed by atoms with Gasteiger partial charge in [0.25, 0.3) is 0 Å². The molecule has 0 bridgehead atoms. The minimum absolute atomic E-state index is 0. The van der Waals surface area contributed by atoms with Crippen LogP contribution >= 0.6 is 12.4 Å². The monoisotopic (exact) mass is 170 g/mol. The Balaban J connectivity index is 0.000001000. The zero-order valence-corrected chi connectivity index (χ0v) is 6.92. The molecular formula is C8H11ClN2. The van der Waals surface area contributed by atoms with Crippen LogP contribution in [-0.2, 0) is 0 Å². The smallest absolute Gasteiger partial charge is 0.0493 e. The van der Waals surface area contributed by atoms with E-state index in [4.69, 9.17) is 5.73 Å². The van der Waals surface area contributed by atoms with Crippen molar-refractivity contribution in [1.29, 1.82) is 0 Å². The molecule has 0 radical (unpaired) electrons. The average Bonchev–Trinajstić information content (AvgIpc) is 2.05. The molecule has 0 amide bonds. The van der Waals surface area contributed by atoms with Crippen molar-refractivity contribution < 1.29 is 0 Å². The Bertz CT molecular complexity index is 211. The highest BCUT2D eigenvalue weighted by molar-refractivity contribution is 5.85. The van der Waals surface area contributed by atoms with E-state index in [-0.39, 0.29) is 18.4 Å². The third-order valence-corrected chi connectivity index (χ3v) is 1.32. The van der Waals surface area contributed by atoms with E-state index >= 15 is 0 Å². The summed E-state index contributed by atoms with van der Waals surface area (Å²) in [5.74, 6) is 0. The second kappa shape index (κ2) is 4.88. The lowest BCUT2D eigenvalue weighted by Gasteiger charge is -2.03. The fraction of sp³-hybridized carbons (Fsp3) is 0.125. The number of pyridine rings is 1. The first-order valence-corrected chi connectivity index (χ1v) is 3.12. The second-order valence-corrected chi connectivity index (χ2v) is 2.05. The van der Waals surface area contributed by atoms with Gasteiger partial charge in [0, 0.05) is 18.4 Å². The molecule has 0 aliphatic carbocycles. The number of nitrogens with zero attached hydrogens (tertiary/aromatic N) is 1. The molecule has 0 unspecified atom stereocenters. The summed E-state index contributed by atoms with van der Waals surface area (Å²) >= 11 is 0. The highest BCUT2D eigenvalue weighted by Gasteiger charge is 1.97. The number of hydrogen-bond acceptors (Lipinski definition) is 2. The standard InChI is InChI=1S/C8H10N2.ClH/c1-2-8(9)7-4-3-5-10-6-7;/h2-6,8H,1,9H2;1H/t8-;/m1./s1. The molecule has 0 saturated heterocycles. The van der Waals surface area contributed by atoms with Crippen molar-refractivity contribution in [3.63, 3.8) is 0 Å². The molecule has 0 spiro atoms. The molecule has 0 saturated carbocycles. The van der Waals surface area contributed by atoms with E-state index in [9.17, 15) is 0 Å². The summed E-state index contributed by atoms with van der Waals surface area (Å²) < 4.78 is 0. The molecule has 1 aromatic rings. The van der Waals surface area contributed by atoms with Gasteiger partial charge in [0.05, 0.1) is 0 Å². The molecule has 0 aromatic carbocycles. The van der Waals surface area contributed by atoms with Crippen LogP contribution in [0.25, 0.3) is 0 Å². The van der Waals surface area contributed by atoms with Gasteiger partial charge in [0.15, 0.2) is 0 Å². The van der Waals surface area contributed by atoms with Crippen LogP contribution in [0.2, 0.25) is 0 Å². The SMILES string of the molecule is C=C[C@@H](N)c1cccnc1.Cl. The van der Waals surface area contributed by atoms with Crippen LogP contribution in [0, 0.1) is 0 Å². The van der Waals surface area contributed by atoms with Gasteiger partial charge in [-0.15, -0.1) is 19.0 Å². The van der Waals surface area contributed by atoms with Gasteiger partial charge in [-0.2, -0.15) is 0 Å². The van der Waals surface area contributed by atoms with E-state index in [1.54, 1.807) is 18.5 Å². The van der Waals surface area contributed by atoms with Crippen molar-refractivity contribution >= 4 is 12.4 Å². The third-order valence-electron chi connectivity index (χ3n) is 1.32. The van der Waals surface area contributed by atoms with Crippen LogP contribution < -0.4 is 5.73 Å². The average molecular weight is 171 g/mol. The van der Waals surface area contributed by atoms with E-state index in [0.717, 1.165) is 5.56 Å². The highest BCUT2D eigenvalue weighted by Crippen LogP contribution is 2.07. The van der Waals surface area contributed by atoms with Gasteiger partial charge in [0.1, 0.15) is 0 Å². The van der Waals surface area contributed by atoms with Gasteiger partial charge >= 0.3 is 0 Å². The Morgan fingerprint density at radius 2 is 2.36 bits per heavy atom. The van der Waals surface area contributed by atoms with Gasteiger partial charge in [-0.1, -0.05) is 12.1 Å².